The molecule has 0 heterocycles. The van der Waals surface area contributed by atoms with Gasteiger partial charge >= 0.3 is 0 Å². The third-order valence-electron chi connectivity index (χ3n) is 4.69. The standard InChI is InChI=1S/C25H23ClFN3O4/c1-33-23-14-17(10-11-22(23)34-16-18-6-2-4-8-20(18)26)15-29-30-24(31)12-13-28-25(32)19-7-3-5-9-21(19)27/h2-11,14-15H,12-13,16H2,1H3,(H,28,32)(H,30,31). The summed E-state index contributed by atoms with van der Waals surface area (Å²) in [7, 11) is 1.52. The van der Waals surface area contributed by atoms with Crippen molar-refractivity contribution in [1.82, 2.24) is 10.7 Å². The number of amides is 2. The number of hydrazone groups is 1. The van der Waals surface area contributed by atoms with Gasteiger partial charge in [-0.2, -0.15) is 5.10 Å². The second-order valence-corrected chi connectivity index (χ2v) is 7.48. The van der Waals surface area contributed by atoms with Crippen molar-refractivity contribution in [2.45, 2.75) is 13.0 Å². The average molecular weight is 484 g/mol. The zero-order valence-electron chi connectivity index (χ0n) is 18.4. The van der Waals surface area contributed by atoms with Crippen LogP contribution in [0, 0.1) is 5.82 Å². The van der Waals surface area contributed by atoms with Crippen LogP contribution in [0.5, 0.6) is 11.5 Å². The lowest BCUT2D eigenvalue weighted by molar-refractivity contribution is -0.120. The maximum atomic E-state index is 13.6. The third kappa shape index (κ3) is 7.05. The van der Waals surface area contributed by atoms with Gasteiger partial charge in [0.1, 0.15) is 12.4 Å². The molecule has 3 aromatic rings. The second-order valence-electron chi connectivity index (χ2n) is 7.07. The Balaban J connectivity index is 1.47. The molecule has 176 valence electrons. The zero-order chi connectivity index (χ0) is 24.3. The summed E-state index contributed by atoms with van der Waals surface area (Å²) in [6.07, 6.45) is 1.44. The summed E-state index contributed by atoms with van der Waals surface area (Å²) in [6, 6.07) is 18.2. The van der Waals surface area contributed by atoms with E-state index in [2.05, 4.69) is 15.8 Å². The van der Waals surface area contributed by atoms with Gasteiger partial charge in [0.2, 0.25) is 5.91 Å². The summed E-state index contributed by atoms with van der Waals surface area (Å²) in [6.45, 7) is 0.326. The smallest absolute Gasteiger partial charge is 0.254 e. The van der Waals surface area contributed by atoms with E-state index in [1.54, 1.807) is 30.3 Å². The number of halogens is 2. The molecule has 0 saturated heterocycles. The fraction of sp³-hybridized carbons (Fsp3) is 0.160. The number of rotatable bonds is 10. The lowest BCUT2D eigenvalue weighted by Gasteiger charge is -2.12. The van der Waals surface area contributed by atoms with Gasteiger partial charge in [-0.25, -0.2) is 9.82 Å². The third-order valence-corrected chi connectivity index (χ3v) is 5.06. The van der Waals surface area contributed by atoms with Crippen molar-refractivity contribution < 1.29 is 23.5 Å². The molecule has 0 atom stereocenters. The molecule has 0 aliphatic carbocycles. The van der Waals surface area contributed by atoms with Crippen LogP contribution in [0.15, 0.2) is 71.8 Å². The molecule has 9 heteroatoms. The molecule has 2 amide bonds. The molecular weight excluding hydrogens is 461 g/mol. The van der Waals surface area contributed by atoms with Gasteiger partial charge in [0.25, 0.3) is 5.91 Å². The monoisotopic (exact) mass is 483 g/mol. The van der Waals surface area contributed by atoms with Crippen LogP contribution in [-0.2, 0) is 11.4 Å². The molecule has 0 bridgehead atoms. The van der Waals surface area contributed by atoms with E-state index in [0.29, 0.717) is 22.1 Å². The van der Waals surface area contributed by atoms with Crippen molar-refractivity contribution in [3.05, 3.63) is 94.3 Å². The van der Waals surface area contributed by atoms with E-state index in [1.807, 2.05) is 18.2 Å². The SMILES string of the molecule is COc1cc(C=NNC(=O)CCNC(=O)c2ccccc2F)ccc1OCc1ccccc1Cl. The van der Waals surface area contributed by atoms with E-state index < -0.39 is 17.6 Å². The Bertz CT molecular complexity index is 1190. The zero-order valence-corrected chi connectivity index (χ0v) is 19.1. The maximum Gasteiger partial charge on any atom is 0.254 e. The highest BCUT2D eigenvalue weighted by Crippen LogP contribution is 2.29. The molecule has 0 radical (unpaired) electrons. The lowest BCUT2D eigenvalue weighted by Crippen LogP contribution is -2.29. The number of ether oxygens (including phenoxy) is 2. The lowest BCUT2D eigenvalue weighted by atomic mass is 10.2. The largest absolute Gasteiger partial charge is 0.493 e. The second kappa shape index (κ2) is 12.4. The summed E-state index contributed by atoms with van der Waals surface area (Å²) in [5, 5.41) is 7.03. The van der Waals surface area contributed by atoms with Gasteiger partial charge in [0, 0.05) is 23.6 Å². The molecule has 0 aliphatic heterocycles. The molecule has 0 aromatic heterocycles. The fourth-order valence-corrected chi connectivity index (χ4v) is 3.11. The summed E-state index contributed by atoms with van der Waals surface area (Å²) in [5.41, 5.74) is 3.83. The Morgan fingerprint density at radius 2 is 1.82 bits per heavy atom. The van der Waals surface area contributed by atoms with E-state index in [-0.39, 0.29) is 25.1 Å². The molecule has 3 aromatic carbocycles. The highest BCUT2D eigenvalue weighted by molar-refractivity contribution is 6.31. The van der Waals surface area contributed by atoms with E-state index in [9.17, 15) is 14.0 Å². The van der Waals surface area contributed by atoms with Gasteiger partial charge in [-0.05, 0) is 42.0 Å². The van der Waals surface area contributed by atoms with Crippen LogP contribution in [-0.4, -0.2) is 31.7 Å². The number of nitrogens with one attached hydrogen (secondary N) is 2. The number of nitrogens with zero attached hydrogens (tertiary/aromatic N) is 1. The Hall–Kier alpha value is -3.91. The number of carbonyl (C=O) groups is 2. The van der Waals surface area contributed by atoms with Crippen LogP contribution >= 0.6 is 11.6 Å². The van der Waals surface area contributed by atoms with Gasteiger partial charge in [0.05, 0.1) is 18.9 Å². The van der Waals surface area contributed by atoms with Crippen LogP contribution in [0.2, 0.25) is 5.02 Å². The molecule has 3 rings (SSSR count). The first-order valence-electron chi connectivity index (χ1n) is 10.4. The number of carbonyl (C=O) groups excluding carboxylic acids is 2. The topological polar surface area (TPSA) is 89.0 Å². The van der Waals surface area contributed by atoms with Crippen LogP contribution in [0.1, 0.15) is 27.9 Å². The minimum atomic E-state index is -0.621. The van der Waals surface area contributed by atoms with Crippen LogP contribution in [0.3, 0.4) is 0 Å². The minimum absolute atomic E-state index is 0.0182. The maximum absolute atomic E-state index is 13.6. The van der Waals surface area contributed by atoms with Crippen LogP contribution in [0.4, 0.5) is 4.39 Å². The molecule has 0 saturated carbocycles. The molecule has 2 N–H and O–H groups in total. The van der Waals surface area contributed by atoms with E-state index in [4.69, 9.17) is 21.1 Å². The molecule has 34 heavy (non-hydrogen) atoms. The van der Waals surface area contributed by atoms with E-state index in [0.717, 1.165) is 5.56 Å². The minimum Gasteiger partial charge on any atom is -0.493 e. The Morgan fingerprint density at radius 1 is 1.06 bits per heavy atom. The summed E-state index contributed by atoms with van der Waals surface area (Å²) in [4.78, 5) is 23.9. The molecule has 0 unspecified atom stereocenters. The number of hydrogen-bond acceptors (Lipinski definition) is 5. The van der Waals surface area contributed by atoms with Gasteiger partial charge in [-0.15, -0.1) is 0 Å². The van der Waals surface area contributed by atoms with Gasteiger partial charge in [-0.3, -0.25) is 9.59 Å². The highest BCUT2D eigenvalue weighted by atomic mass is 35.5. The van der Waals surface area contributed by atoms with Crippen LogP contribution < -0.4 is 20.2 Å². The predicted octanol–water partition coefficient (Wildman–Crippen LogP) is 4.34. The Morgan fingerprint density at radius 3 is 2.59 bits per heavy atom. The van der Waals surface area contributed by atoms with E-state index in [1.165, 1.54) is 31.5 Å². The summed E-state index contributed by atoms with van der Waals surface area (Å²) < 4.78 is 24.8. The highest BCUT2D eigenvalue weighted by Gasteiger charge is 2.11. The van der Waals surface area contributed by atoms with Crippen molar-refractivity contribution in [2.24, 2.45) is 5.10 Å². The first-order chi connectivity index (χ1) is 16.5. The van der Waals surface area contributed by atoms with Crippen molar-refractivity contribution in [3.8, 4) is 11.5 Å². The van der Waals surface area contributed by atoms with E-state index >= 15 is 0 Å². The Labute approximate surface area is 201 Å². The first kappa shape index (κ1) is 24.7. The van der Waals surface area contributed by atoms with Gasteiger partial charge in [0.15, 0.2) is 11.5 Å². The quantitative estimate of drug-likeness (QED) is 0.332. The predicted molar refractivity (Wildman–Crippen MR) is 128 cm³/mol. The van der Waals surface area contributed by atoms with Crippen molar-refractivity contribution in [2.75, 3.05) is 13.7 Å². The summed E-state index contributed by atoms with van der Waals surface area (Å²) in [5.74, 6) is -0.577. The fourth-order valence-electron chi connectivity index (χ4n) is 2.92. The number of methoxy groups -OCH3 is 1. The molecular formula is C25H23ClFN3O4. The molecule has 0 aliphatic rings. The first-order valence-corrected chi connectivity index (χ1v) is 10.7. The number of hydrogen-bond donors (Lipinski definition) is 2. The van der Waals surface area contributed by atoms with Gasteiger partial charge < -0.3 is 14.8 Å². The Kier molecular flexibility index (Phi) is 8.99. The number of benzene rings is 3. The average Bonchev–Trinajstić information content (AvgIpc) is 2.84. The summed E-state index contributed by atoms with van der Waals surface area (Å²) >= 11 is 6.15. The van der Waals surface area contributed by atoms with Crippen molar-refractivity contribution >= 4 is 29.6 Å². The van der Waals surface area contributed by atoms with Crippen molar-refractivity contribution in [1.29, 1.82) is 0 Å². The molecule has 0 spiro atoms. The van der Waals surface area contributed by atoms with Crippen LogP contribution in [0.25, 0.3) is 0 Å². The molecule has 0 fully saturated rings. The normalized spacial score (nSPS) is 10.7. The molecule has 7 nitrogen and oxygen atoms in total. The van der Waals surface area contributed by atoms with Crippen molar-refractivity contribution in [3.63, 3.8) is 0 Å². The van der Waals surface area contributed by atoms with Gasteiger partial charge in [-0.1, -0.05) is 41.9 Å².